The largest absolute Gasteiger partial charge is 0.492 e. The van der Waals surface area contributed by atoms with E-state index in [9.17, 15) is 14.7 Å². The van der Waals surface area contributed by atoms with E-state index in [1.807, 2.05) is 30.3 Å². The van der Waals surface area contributed by atoms with E-state index in [0.29, 0.717) is 45.1 Å². The Morgan fingerprint density at radius 1 is 0.909 bits per heavy atom. The van der Waals surface area contributed by atoms with Crippen LogP contribution in [0.2, 0.25) is 0 Å². The van der Waals surface area contributed by atoms with Gasteiger partial charge in [-0.2, -0.15) is 0 Å². The van der Waals surface area contributed by atoms with Crippen molar-refractivity contribution < 1.29 is 28.9 Å². The molecule has 1 N–H and O–H groups in total. The average molecular weight is 458 g/mol. The van der Waals surface area contributed by atoms with Crippen LogP contribution in [0.4, 0.5) is 4.79 Å². The number of carboxylic acid groups (broad SMARTS) is 1. The summed E-state index contributed by atoms with van der Waals surface area (Å²) in [5.41, 5.74) is 2.15. The quantitative estimate of drug-likeness (QED) is 0.394. The van der Waals surface area contributed by atoms with Gasteiger partial charge in [0.05, 0.1) is 13.2 Å². The molecule has 0 aliphatic rings. The predicted octanol–water partition coefficient (Wildman–Crippen LogP) is 4.58. The van der Waals surface area contributed by atoms with E-state index in [4.69, 9.17) is 14.2 Å². The summed E-state index contributed by atoms with van der Waals surface area (Å²) in [7, 11) is 0. The zero-order valence-corrected chi connectivity index (χ0v) is 19.6. The number of aliphatic carboxylic acids is 1. The summed E-state index contributed by atoms with van der Waals surface area (Å²) >= 11 is 0. The molecule has 2 aromatic rings. The zero-order chi connectivity index (χ0) is 23.9. The fourth-order valence-corrected chi connectivity index (χ4v) is 3.41. The van der Waals surface area contributed by atoms with E-state index < -0.39 is 12.1 Å². The third-order valence-corrected chi connectivity index (χ3v) is 5.13. The summed E-state index contributed by atoms with van der Waals surface area (Å²) in [6.07, 6.45) is 1.96. The van der Waals surface area contributed by atoms with Gasteiger partial charge in [-0.1, -0.05) is 42.5 Å². The number of aryl methyl sites for hydroxylation is 1. The summed E-state index contributed by atoms with van der Waals surface area (Å²) in [5, 5.41) is 9.21. The first-order valence-electron chi connectivity index (χ1n) is 11.5. The third kappa shape index (κ3) is 9.95. The van der Waals surface area contributed by atoms with Gasteiger partial charge >= 0.3 is 12.1 Å². The van der Waals surface area contributed by atoms with E-state index in [0.717, 1.165) is 24.8 Å². The first kappa shape index (κ1) is 26.2. The highest BCUT2D eigenvalue weighted by molar-refractivity contribution is 5.72. The van der Waals surface area contributed by atoms with Crippen LogP contribution < -0.4 is 4.74 Å². The molecule has 0 saturated carbocycles. The Kier molecular flexibility index (Phi) is 11.8. The van der Waals surface area contributed by atoms with Crippen LogP contribution in [0.5, 0.6) is 5.75 Å². The van der Waals surface area contributed by atoms with Crippen LogP contribution in [0.3, 0.4) is 0 Å². The number of carboxylic acids is 1. The Balaban J connectivity index is 1.79. The summed E-state index contributed by atoms with van der Waals surface area (Å²) in [6.45, 7) is 5.63. The molecule has 0 saturated heterocycles. The van der Waals surface area contributed by atoms with Crippen molar-refractivity contribution in [3.8, 4) is 5.75 Å². The Morgan fingerprint density at radius 2 is 1.64 bits per heavy atom. The molecule has 0 aromatic heterocycles. The molecular weight excluding hydrogens is 422 g/mol. The van der Waals surface area contributed by atoms with Crippen molar-refractivity contribution in [1.29, 1.82) is 0 Å². The smallest absolute Gasteiger partial charge is 0.409 e. The number of carbonyl (C=O) groups excluding carboxylic acids is 1. The van der Waals surface area contributed by atoms with Crippen molar-refractivity contribution in [2.24, 2.45) is 0 Å². The number of benzene rings is 2. The standard InChI is InChI=1S/C26H35NO6/c1-3-31-24(25(28)29)20-22-13-15-23(16-14-22)33-19-18-27(26(30)32-4-2)17-9-8-12-21-10-6-5-7-11-21/h5-7,10-11,13-16,24H,3-4,8-9,12,17-20H2,1-2H3,(H,28,29). The van der Waals surface area contributed by atoms with Crippen LogP contribution in [0.15, 0.2) is 54.6 Å². The van der Waals surface area contributed by atoms with Crippen molar-refractivity contribution in [1.82, 2.24) is 4.90 Å². The van der Waals surface area contributed by atoms with Crippen LogP contribution in [0.1, 0.15) is 37.8 Å². The Hall–Kier alpha value is -3.06. The molecule has 0 aliphatic carbocycles. The minimum Gasteiger partial charge on any atom is -0.492 e. The average Bonchev–Trinajstić information content (AvgIpc) is 2.82. The van der Waals surface area contributed by atoms with E-state index in [-0.39, 0.29) is 6.09 Å². The fraction of sp³-hybridized carbons (Fsp3) is 0.462. The molecule has 1 amide bonds. The number of carbonyl (C=O) groups is 2. The first-order chi connectivity index (χ1) is 16.0. The summed E-state index contributed by atoms with van der Waals surface area (Å²) < 4.78 is 16.2. The number of ether oxygens (including phenoxy) is 3. The molecule has 0 fully saturated rings. The molecule has 2 aromatic carbocycles. The molecule has 33 heavy (non-hydrogen) atoms. The molecule has 1 unspecified atom stereocenters. The van der Waals surface area contributed by atoms with E-state index in [1.54, 1.807) is 30.9 Å². The second-order valence-corrected chi connectivity index (χ2v) is 7.61. The minimum atomic E-state index is -0.972. The second-order valence-electron chi connectivity index (χ2n) is 7.61. The van der Waals surface area contributed by atoms with Crippen LogP contribution in [0, 0.1) is 0 Å². The summed E-state index contributed by atoms with van der Waals surface area (Å²) in [4.78, 5) is 25.2. The van der Waals surface area contributed by atoms with Crippen molar-refractivity contribution in [2.75, 3.05) is 32.9 Å². The lowest BCUT2D eigenvalue weighted by Crippen LogP contribution is -2.36. The number of unbranched alkanes of at least 4 members (excludes halogenated alkanes) is 1. The molecule has 0 radical (unpaired) electrons. The summed E-state index contributed by atoms with van der Waals surface area (Å²) in [6, 6.07) is 17.6. The molecule has 0 bridgehead atoms. The maximum atomic E-state index is 12.3. The Labute approximate surface area is 196 Å². The van der Waals surface area contributed by atoms with Crippen molar-refractivity contribution in [3.05, 3.63) is 65.7 Å². The van der Waals surface area contributed by atoms with Crippen molar-refractivity contribution in [3.63, 3.8) is 0 Å². The normalized spacial score (nSPS) is 11.6. The highest BCUT2D eigenvalue weighted by Gasteiger charge is 2.18. The van der Waals surface area contributed by atoms with Gasteiger partial charge in [0, 0.05) is 19.6 Å². The maximum Gasteiger partial charge on any atom is 0.409 e. The molecule has 7 nitrogen and oxygen atoms in total. The lowest BCUT2D eigenvalue weighted by atomic mass is 10.1. The molecule has 0 aliphatic heterocycles. The molecule has 0 heterocycles. The van der Waals surface area contributed by atoms with Crippen molar-refractivity contribution in [2.45, 2.75) is 45.6 Å². The third-order valence-electron chi connectivity index (χ3n) is 5.13. The zero-order valence-electron chi connectivity index (χ0n) is 19.6. The topological polar surface area (TPSA) is 85.3 Å². The van der Waals surface area contributed by atoms with Gasteiger partial charge in [0.1, 0.15) is 12.4 Å². The van der Waals surface area contributed by atoms with Gasteiger partial charge in [-0.05, 0) is 56.4 Å². The Morgan fingerprint density at radius 3 is 2.27 bits per heavy atom. The van der Waals surface area contributed by atoms with Gasteiger partial charge in [-0.3, -0.25) is 0 Å². The monoisotopic (exact) mass is 457 g/mol. The highest BCUT2D eigenvalue weighted by atomic mass is 16.6. The van der Waals surface area contributed by atoms with Gasteiger partial charge < -0.3 is 24.2 Å². The van der Waals surface area contributed by atoms with Gasteiger partial charge in [-0.15, -0.1) is 0 Å². The Bertz CT molecular complexity index is 824. The first-order valence-corrected chi connectivity index (χ1v) is 11.5. The van der Waals surface area contributed by atoms with Crippen LogP contribution >= 0.6 is 0 Å². The van der Waals surface area contributed by atoms with E-state index in [1.165, 1.54) is 5.56 Å². The highest BCUT2D eigenvalue weighted by Crippen LogP contribution is 2.15. The SMILES string of the molecule is CCOC(=O)N(CCCCc1ccccc1)CCOc1ccc(CC(OCC)C(=O)O)cc1. The minimum absolute atomic E-state index is 0.295. The van der Waals surface area contributed by atoms with E-state index in [2.05, 4.69) is 12.1 Å². The van der Waals surface area contributed by atoms with Crippen molar-refractivity contribution >= 4 is 12.1 Å². The molecular formula is C26H35NO6. The van der Waals surface area contributed by atoms with Crippen LogP contribution in [-0.4, -0.2) is 61.1 Å². The number of nitrogens with zero attached hydrogens (tertiary/aromatic N) is 1. The lowest BCUT2D eigenvalue weighted by molar-refractivity contribution is -0.149. The lowest BCUT2D eigenvalue weighted by Gasteiger charge is -2.22. The molecule has 180 valence electrons. The molecule has 1 atom stereocenters. The molecule has 7 heteroatoms. The second kappa shape index (κ2) is 14.9. The predicted molar refractivity (Wildman–Crippen MR) is 127 cm³/mol. The molecule has 0 spiro atoms. The van der Waals surface area contributed by atoms with E-state index >= 15 is 0 Å². The number of rotatable bonds is 15. The number of hydrogen-bond acceptors (Lipinski definition) is 5. The van der Waals surface area contributed by atoms with Crippen LogP contribution in [-0.2, 0) is 27.1 Å². The number of amides is 1. The van der Waals surface area contributed by atoms with Gasteiger partial charge in [0.25, 0.3) is 0 Å². The van der Waals surface area contributed by atoms with Gasteiger partial charge in [0.2, 0.25) is 0 Å². The van der Waals surface area contributed by atoms with Crippen LogP contribution in [0.25, 0.3) is 0 Å². The van der Waals surface area contributed by atoms with Gasteiger partial charge in [-0.25, -0.2) is 9.59 Å². The maximum absolute atomic E-state index is 12.3. The number of hydrogen-bond donors (Lipinski definition) is 1. The van der Waals surface area contributed by atoms with Gasteiger partial charge in [0.15, 0.2) is 6.10 Å². The summed E-state index contributed by atoms with van der Waals surface area (Å²) in [5.74, 6) is -0.310. The molecule has 2 rings (SSSR count). The fourth-order valence-electron chi connectivity index (χ4n) is 3.41.